The molecule has 0 aliphatic carbocycles. The molecular formula is C22H23N5O3S. The zero-order valence-electron chi connectivity index (χ0n) is 17.4. The van der Waals surface area contributed by atoms with E-state index < -0.39 is 4.92 Å². The third-order valence-corrected chi connectivity index (χ3v) is 6.29. The Bertz CT molecular complexity index is 1100. The van der Waals surface area contributed by atoms with Crippen molar-refractivity contribution in [1.82, 2.24) is 15.3 Å². The van der Waals surface area contributed by atoms with E-state index in [1.54, 1.807) is 12.1 Å². The molecule has 3 heterocycles. The number of nitrogens with zero attached hydrogens (tertiary/aromatic N) is 4. The van der Waals surface area contributed by atoms with Gasteiger partial charge in [0.15, 0.2) is 5.82 Å². The molecule has 0 radical (unpaired) electrons. The van der Waals surface area contributed by atoms with Crippen molar-refractivity contribution in [2.24, 2.45) is 0 Å². The Morgan fingerprint density at radius 2 is 1.84 bits per heavy atom. The summed E-state index contributed by atoms with van der Waals surface area (Å²) >= 11 is 1.51. The Hall–Kier alpha value is -3.33. The zero-order chi connectivity index (χ0) is 22.0. The minimum absolute atomic E-state index is 0.00473. The number of piperidine rings is 1. The van der Waals surface area contributed by atoms with Gasteiger partial charge in [-0.2, -0.15) is 0 Å². The second-order valence-electron chi connectivity index (χ2n) is 7.64. The number of rotatable bonds is 5. The molecule has 1 N–H and O–H groups in total. The lowest BCUT2D eigenvalue weighted by atomic mass is 10.0. The van der Waals surface area contributed by atoms with Crippen LogP contribution in [0, 0.1) is 24.0 Å². The lowest BCUT2D eigenvalue weighted by Crippen LogP contribution is -2.44. The number of amides is 1. The zero-order valence-corrected chi connectivity index (χ0v) is 18.2. The number of nitro benzene ring substituents is 1. The van der Waals surface area contributed by atoms with Gasteiger partial charge in [-0.1, -0.05) is 0 Å². The van der Waals surface area contributed by atoms with Gasteiger partial charge in [-0.25, -0.2) is 9.97 Å². The summed E-state index contributed by atoms with van der Waals surface area (Å²) in [6, 6.07) is 12.2. The highest BCUT2D eigenvalue weighted by Gasteiger charge is 2.23. The van der Waals surface area contributed by atoms with Gasteiger partial charge in [-0.3, -0.25) is 14.9 Å². The summed E-state index contributed by atoms with van der Waals surface area (Å²) < 4.78 is 0. The number of nitro groups is 1. The van der Waals surface area contributed by atoms with Crippen molar-refractivity contribution in [3.05, 3.63) is 68.0 Å². The molecule has 0 saturated carbocycles. The normalized spacial score (nSPS) is 14.5. The van der Waals surface area contributed by atoms with E-state index in [-0.39, 0.29) is 17.6 Å². The van der Waals surface area contributed by atoms with Crippen LogP contribution < -0.4 is 10.2 Å². The summed E-state index contributed by atoms with van der Waals surface area (Å²) in [6.07, 6.45) is 1.68. The molecule has 0 bridgehead atoms. The van der Waals surface area contributed by atoms with Gasteiger partial charge in [-0.15, -0.1) is 11.3 Å². The van der Waals surface area contributed by atoms with Crippen LogP contribution in [0.4, 0.5) is 11.5 Å². The standard InChI is InChI=1S/C22H23N5O3S/c1-14-13-20(25-21(23-14)16-4-6-18(7-5-16)27(29)30)26-11-9-17(10-12-26)24-22(28)19-8-3-15(2)31-19/h3-8,13,17H,9-12H2,1-2H3,(H,24,28). The SMILES string of the molecule is Cc1cc(N2CCC(NC(=O)c3ccc(C)s3)CC2)nc(-c2ccc([N+](=O)[O-])cc2)n1. The molecule has 0 spiro atoms. The molecule has 2 aromatic heterocycles. The van der Waals surface area contributed by atoms with Gasteiger partial charge < -0.3 is 10.2 Å². The van der Waals surface area contributed by atoms with Crippen molar-refractivity contribution in [3.8, 4) is 11.4 Å². The van der Waals surface area contributed by atoms with E-state index in [2.05, 4.69) is 15.2 Å². The maximum absolute atomic E-state index is 12.4. The fourth-order valence-corrected chi connectivity index (χ4v) is 4.41. The van der Waals surface area contributed by atoms with Gasteiger partial charge in [0.2, 0.25) is 0 Å². The maximum Gasteiger partial charge on any atom is 0.269 e. The van der Waals surface area contributed by atoms with Gasteiger partial charge in [0.25, 0.3) is 11.6 Å². The van der Waals surface area contributed by atoms with Gasteiger partial charge in [-0.05, 0) is 51.0 Å². The summed E-state index contributed by atoms with van der Waals surface area (Å²) in [6.45, 7) is 5.47. The molecule has 1 aromatic carbocycles. The highest BCUT2D eigenvalue weighted by Crippen LogP contribution is 2.25. The number of carbonyl (C=O) groups is 1. The van der Waals surface area contributed by atoms with Crippen molar-refractivity contribution < 1.29 is 9.72 Å². The highest BCUT2D eigenvalue weighted by molar-refractivity contribution is 7.13. The van der Waals surface area contributed by atoms with Crippen molar-refractivity contribution in [2.45, 2.75) is 32.7 Å². The average Bonchev–Trinajstić information content (AvgIpc) is 3.20. The topological polar surface area (TPSA) is 101 Å². The van der Waals surface area contributed by atoms with Gasteiger partial charge >= 0.3 is 0 Å². The largest absolute Gasteiger partial charge is 0.356 e. The van der Waals surface area contributed by atoms with Crippen molar-refractivity contribution in [1.29, 1.82) is 0 Å². The van der Waals surface area contributed by atoms with Crippen molar-refractivity contribution in [3.63, 3.8) is 0 Å². The first-order valence-electron chi connectivity index (χ1n) is 10.1. The third-order valence-electron chi connectivity index (χ3n) is 5.30. The van der Waals surface area contributed by atoms with Crippen LogP contribution in [0.1, 0.15) is 33.1 Å². The Balaban J connectivity index is 1.42. The Kier molecular flexibility index (Phi) is 5.94. The highest BCUT2D eigenvalue weighted by atomic mass is 32.1. The van der Waals surface area contributed by atoms with Gasteiger partial charge in [0, 0.05) is 53.5 Å². The predicted molar refractivity (Wildman–Crippen MR) is 121 cm³/mol. The molecule has 0 unspecified atom stereocenters. The molecule has 1 saturated heterocycles. The van der Waals surface area contributed by atoms with Crippen LogP contribution in [-0.2, 0) is 0 Å². The molecular weight excluding hydrogens is 414 g/mol. The van der Waals surface area contributed by atoms with E-state index in [0.29, 0.717) is 5.82 Å². The second kappa shape index (κ2) is 8.81. The summed E-state index contributed by atoms with van der Waals surface area (Å²) in [4.78, 5) is 36.1. The number of anilines is 1. The number of nitrogens with one attached hydrogen (secondary N) is 1. The van der Waals surface area contributed by atoms with Crippen LogP contribution >= 0.6 is 11.3 Å². The fraction of sp³-hybridized carbons (Fsp3) is 0.318. The molecule has 0 atom stereocenters. The van der Waals surface area contributed by atoms with Crippen LogP contribution in [-0.4, -0.2) is 39.9 Å². The molecule has 8 nitrogen and oxygen atoms in total. The van der Waals surface area contributed by atoms with E-state index in [1.807, 2.05) is 32.0 Å². The van der Waals surface area contributed by atoms with Crippen molar-refractivity contribution >= 4 is 28.7 Å². The first-order chi connectivity index (χ1) is 14.9. The number of non-ortho nitro benzene ring substituents is 1. The summed E-state index contributed by atoms with van der Waals surface area (Å²) in [5, 5.41) is 14.0. The lowest BCUT2D eigenvalue weighted by Gasteiger charge is -2.33. The number of benzene rings is 1. The number of aryl methyl sites for hydroxylation is 2. The van der Waals surface area contributed by atoms with Crippen LogP contribution in [0.3, 0.4) is 0 Å². The average molecular weight is 438 g/mol. The van der Waals surface area contributed by atoms with Crippen molar-refractivity contribution in [2.75, 3.05) is 18.0 Å². The van der Waals surface area contributed by atoms with Gasteiger partial charge in [0.05, 0.1) is 9.80 Å². The molecule has 1 amide bonds. The number of hydrogen-bond donors (Lipinski definition) is 1. The molecule has 1 aliphatic heterocycles. The fourth-order valence-electron chi connectivity index (χ4n) is 3.64. The van der Waals surface area contributed by atoms with Crippen LogP contribution in [0.2, 0.25) is 0 Å². The number of hydrogen-bond acceptors (Lipinski definition) is 7. The Labute approximate surface area is 184 Å². The first-order valence-corrected chi connectivity index (χ1v) is 10.9. The molecule has 160 valence electrons. The predicted octanol–water partition coefficient (Wildman–Crippen LogP) is 4.13. The van der Waals surface area contributed by atoms with E-state index in [0.717, 1.165) is 52.8 Å². The molecule has 31 heavy (non-hydrogen) atoms. The van der Waals surface area contributed by atoms with Crippen LogP contribution in [0.15, 0.2) is 42.5 Å². The van der Waals surface area contributed by atoms with Crippen LogP contribution in [0.5, 0.6) is 0 Å². The third kappa shape index (κ3) is 4.88. The Morgan fingerprint density at radius 1 is 1.13 bits per heavy atom. The number of thiophene rings is 1. The first kappa shape index (κ1) is 20.9. The maximum atomic E-state index is 12.4. The summed E-state index contributed by atoms with van der Waals surface area (Å²) in [5.74, 6) is 1.38. The molecule has 4 rings (SSSR count). The molecule has 9 heteroatoms. The van der Waals surface area contributed by atoms with E-state index in [4.69, 9.17) is 4.98 Å². The lowest BCUT2D eigenvalue weighted by molar-refractivity contribution is -0.384. The smallest absolute Gasteiger partial charge is 0.269 e. The minimum atomic E-state index is -0.422. The number of aromatic nitrogens is 2. The second-order valence-corrected chi connectivity index (χ2v) is 8.93. The molecule has 3 aromatic rings. The monoisotopic (exact) mass is 437 g/mol. The van der Waals surface area contributed by atoms with Gasteiger partial charge in [0.1, 0.15) is 5.82 Å². The molecule has 1 fully saturated rings. The quantitative estimate of drug-likeness (QED) is 0.476. The molecule has 1 aliphatic rings. The minimum Gasteiger partial charge on any atom is -0.356 e. The van der Waals surface area contributed by atoms with E-state index in [9.17, 15) is 14.9 Å². The summed E-state index contributed by atoms with van der Waals surface area (Å²) in [5.41, 5.74) is 1.62. The summed E-state index contributed by atoms with van der Waals surface area (Å²) in [7, 11) is 0. The Morgan fingerprint density at radius 3 is 2.45 bits per heavy atom. The van der Waals surface area contributed by atoms with E-state index >= 15 is 0 Å². The van der Waals surface area contributed by atoms with E-state index in [1.165, 1.54) is 23.5 Å². The number of carbonyl (C=O) groups excluding carboxylic acids is 1. The van der Waals surface area contributed by atoms with Crippen LogP contribution in [0.25, 0.3) is 11.4 Å².